The smallest absolute Gasteiger partial charge is 0.207 e. The fourth-order valence-corrected chi connectivity index (χ4v) is 2.67. The van der Waals surface area contributed by atoms with E-state index < -0.39 is 0 Å². The molecule has 0 aliphatic carbocycles. The molecule has 126 valence electrons. The Balaban J connectivity index is 2.13. The summed E-state index contributed by atoms with van der Waals surface area (Å²) in [5, 5.41) is 0. The van der Waals surface area contributed by atoms with Crippen LogP contribution >= 0.6 is 0 Å². The maximum atomic E-state index is 10.6. The minimum atomic E-state index is -0.202. The summed E-state index contributed by atoms with van der Waals surface area (Å²) in [7, 11) is 0. The lowest BCUT2D eigenvalue weighted by Crippen LogP contribution is -2.28. The zero-order chi connectivity index (χ0) is 17.9. The van der Waals surface area contributed by atoms with E-state index in [1.165, 1.54) is 12.8 Å². The number of rotatable bonds is 4. The van der Waals surface area contributed by atoms with E-state index in [-0.39, 0.29) is 5.41 Å². The molecule has 0 aromatic heterocycles. The molecule has 4 radical (unpaired) electrons. The maximum Gasteiger partial charge on any atom is 0.207 e. The lowest BCUT2D eigenvalue weighted by molar-refractivity contribution is 0.113. The molecular weight excluding hydrogens is 316 g/mol. The van der Waals surface area contributed by atoms with E-state index in [1.807, 2.05) is 36.4 Å². The lowest BCUT2D eigenvalue weighted by Gasteiger charge is -2.24. The summed E-state index contributed by atoms with van der Waals surface area (Å²) in [6, 6.07) is 11.1. The Morgan fingerprint density at radius 1 is 0.840 bits per heavy atom. The van der Waals surface area contributed by atoms with Gasteiger partial charge in [-0.1, -0.05) is 38.1 Å². The highest BCUT2D eigenvalue weighted by Gasteiger charge is 2.25. The number of ether oxygens (including phenoxy) is 2. The third-order valence-corrected chi connectivity index (χ3v) is 3.99. The standard InChI is InChI=1S/C21H18O4/c1-21(2)13-24-19-11-15(7-9-22)3-5-17(19)18-6-4-16(8-10-23)12-20(18)25-14-21/h3-8,11-12H,13-14H2,1-2H3. The van der Waals surface area contributed by atoms with Gasteiger partial charge in [0.1, 0.15) is 11.5 Å². The van der Waals surface area contributed by atoms with Crippen molar-refractivity contribution >= 4 is 12.6 Å². The van der Waals surface area contributed by atoms with E-state index in [1.54, 1.807) is 12.6 Å². The molecule has 0 saturated carbocycles. The highest BCUT2D eigenvalue weighted by Crippen LogP contribution is 2.40. The molecule has 0 atom stereocenters. The van der Waals surface area contributed by atoms with Crippen LogP contribution in [-0.4, -0.2) is 25.8 Å². The molecule has 1 heterocycles. The van der Waals surface area contributed by atoms with Crippen molar-refractivity contribution in [1.82, 2.24) is 0 Å². The molecule has 1 aliphatic rings. The molecule has 0 N–H and O–H groups in total. The van der Waals surface area contributed by atoms with Crippen LogP contribution in [0.5, 0.6) is 11.5 Å². The van der Waals surface area contributed by atoms with Gasteiger partial charge in [0.05, 0.1) is 26.1 Å². The normalized spacial score (nSPS) is 15.3. The van der Waals surface area contributed by atoms with E-state index in [9.17, 15) is 9.59 Å². The third-order valence-electron chi connectivity index (χ3n) is 3.99. The summed E-state index contributed by atoms with van der Waals surface area (Å²) in [6.07, 6.45) is 6.33. The summed E-state index contributed by atoms with van der Waals surface area (Å²) in [5.74, 6) is 1.37. The quantitative estimate of drug-likeness (QED) is 0.859. The Hall–Kier alpha value is -2.62. The van der Waals surface area contributed by atoms with Gasteiger partial charge in [-0.3, -0.25) is 9.59 Å². The third kappa shape index (κ3) is 3.90. The molecule has 0 bridgehead atoms. The predicted octanol–water partition coefficient (Wildman–Crippen LogP) is 3.48. The van der Waals surface area contributed by atoms with E-state index in [2.05, 4.69) is 13.8 Å². The van der Waals surface area contributed by atoms with Gasteiger partial charge in [0.15, 0.2) is 0 Å². The maximum absolute atomic E-state index is 10.6. The van der Waals surface area contributed by atoms with Crippen LogP contribution in [0, 0.1) is 18.3 Å². The van der Waals surface area contributed by atoms with Crippen LogP contribution in [0.1, 0.15) is 25.0 Å². The largest absolute Gasteiger partial charge is 0.492 e. The Kier molecular flexibility index (Phi) is 4.88. The minimum Gasteiger partial charge on any atom is -0.492 e. The SMILES string of the molecule is CC1(C)COc2cc([CH][C]=O)ccc2-c2ccc([CH][C]=O)cc2OC1. The van der Waals surface area contributed by atoms with Gasteiger partial charge >= 0.3 is 0 Å². The van der Waals surface area contributed by atoms with Gasteiger partial charge < -0.3 is 9.47 Å². The van der Waals surface area contributed by atoms with E-state index in [4.69, 9.17) is 9.47 Å². The van der Waals surface area contributed by atoms with Crippen LogP contribution in [-0.2, 0) is 9.59 Å². The van der Waals surface area contributed by atoms with Crippen molar-refractivity contribution in [3.05, 3.63) is 60.4 Å². The van der Waals surface area contributed by atoms with E-state index >= 15 is 0 Å². The predicted molar refractivity (Wildman–Crippen MR) is 94.8 cm³/mol. The van der Waals surface area contributed by atoms with Gasteiger partial charge in [-0.05, 0) is 23.3 Å². The number of hydrogen-bond donors (Lipinski definition) is 0. The number of hydrogen-bond acceptors (Lipinski definition) is 4. The van der Waals surface area contributed by atoms with Crippen molar-refractivity contribution in [1.29, 1.82) is 0 Å². The zero-order valence-electron chi connectivity index (χ0n) is 14.2. The Bertz CT molecular complexity index is 727. The first-order chi connectivity index (χ1) is 12.0. The van der Waals surface area contributed by atoms with Crippen LogP contribution in [0.4, 0.5) is 0 Å². The molecule has 0 unspecified atom stereocenters. The van der Waals surface area contributed by atoms with Gasteiger partial charge in [0.25, 0.3) is 0 Å². The summed E-state index contributed by atoms with van der Waals surface area (Å²) in [6.45, 7) is 5.07. The Labute approximate surface area is 147 Å². The number of benzene rings is 2. The van der Waals surface area contributed by atoms with Gasteiger partial charge in [-0.15, -0.1) is 0 Å². The van der Waals surface area contributed by atoms with Crippen molar-refractivity contribution in [2.45, 2.75) is 13.8 Å². The second-order valence-corrected chi connectivity index (χ2v) is 6.78. The molecular formula is C21H18O4. The second kappa shape index (κ2) is 7.09. The molecule has 0 saturated heterocycles. The molecule has 4 heteroatoms. The lowest BCUT2D eigenvalue weighted by atomic mass is 9.96. The fourth-order valence-electron chi connectivity index (χ4n) is 2.67. The van der Waals surface area contributed by atoms with Crippen LogP contribution in [0.25, 0.3) is 11.1 Å². The monoisotopic (exact) mass is 334 g/mol. The molecule has 0 amide bonds. The molecule has 25 heavy (non-hydrogen) atoms. The zero-order valence-corrected chi connectivity index (χ0v) is 14.2. The molecule has 2 aromatic rings. The van der Waals surface area contributed by atoms with Gasteiger partial charge in [-0.2, -0.15) is 0 Å². The van der Waals surface area contributed by atoms with Crippen molar-refractivity contribution < 1.29 is 19.1 Å². The van der Waals surface area contributed by atoms with Crippen LogP contribution in [0.2, 0.25) is 0 Å². The molecule has 1 aliphatic heterocycles. The highest BCUT2D eigenvalue weighted by molar-refractivity contribution is 5.79. The number of carbonyl (C=O) groups excluding carboxylic acids is 2. The molecule has 3 rings (SSSR count). The second-order valence-electron chi connectivity index (χ2n) is 6.78. The fraction of sp³-hybridized carbons (Fsp3) is 0.238. The first-order valence-corrected chi connectivity index (χ1v) is 7.98. The summed E-state index contributed by atoms with van der Waals surface area (Å²) in [5.41, 5.74) is 3.00. The van der Waals surface area contributed by atoms with Crippen LogP contribution in [0.3, 0.4) is 0 Å². The van der Waals surface area contributed by atoms with E-state index in [0.29, 0.717) is 24.7 Å². The Morgan fingerprint density at radius 3 is 1.68 bits per heavy atom. The van der Waals surface area contributed by atoms with Gasteiger partial charge in [0, 0.05) is 16.5 Å². The Morgan fingerprint density at radius 2 is 1.28 bits per heavy atom. The molecule has 0 spiro atoms. The van der Waals surface area contributed by atoms with Crippen molar-refractivity contribution in [3.63, 3.8) is 0 Å². The summed E-state index contributed by atoms with van der Waals surface area (Å²) >= 11 is 0. The summed E-state index contributed by atoms with van der Waals surface area (Å²) < 4.78 is 12.1. The average molecular weight is 334 g/mol. The van der Waals surface area contributed by atoms with Gasteiger partial charge in [0.2, 0.25) is 12.6 Å². The first-order valence-electron chi connectivity index (χ1n) is 7.98. The topological polar surface area (TPSA) is 52.6 Å². The van der Waals surface area contributed by atoms with Crippen LogP contribution < -0.4 is 9.47 Å². The first kappa shape index (κ1) is 17.2. The van der Waals surface area contributed by atoms with Gasteiger partial charge in [-0.25, -0.2) is 0 Å². The highest BCUT2D eigenvalue weighted by atomic mass is 16.5. The minimum absolute atomic E-state index is 0.202. The summed E-state index contributed by atoms with van der Waals surface area (Å²) in [4.78, 5) is 21.3. The average Bonchev–Trinajstić information content (AvgIpc) is 2.64. The number of fused-ring (bicyclic) bond motifs is 3. The van der Waals surface area contributed by atoms with E-state index in [0.717, 1.165) is 22.3 Å². The van der Waals surface area contributed by atoms with Crippen LogP contribution in [0.15, 0.2) is 36.4 Å². The molecule has 0 fully saturated rings. The van der Waals surface area contributed by atoms with Crippen molar-refractivity contribution in [3.8, 4) is 22.6 Å². The molecule has 4 nitrogen and oxygen atoms in total. The van der Waals surface area contributed by atoms with Crippen molar-refractivity contribution in [2.24, 2.45) is 5.41 Å². The van der Waals surface area contributed by atoms with Crippen molar-refractivity contribution in [2.75, 3.05) is 13.2 Å². The molecule has 2 aromatic carbocycles.